The number of piperidine rings is 1. The van der Waals surface area contributed by atoms with E-state index in [9.17, 15) is 9.59 Å². The molecular weight excluding hydrogens is 410 g/mol. The predicted molar refractivity (Wildman–Crippen MR) is 129 cm³/mol. The first-order chi connectivity index (χ1) is 16.1. The molecule has 1 N–H and O–H groups in total. The van der Waals surface area contributed by atoms with E-state index in [1.165, 1.54) is 19.3 Å². The average molecular weight is 444 g/mol. The number of benzene rings is 1. The van der Waals surface area contributed by atoms with E-state index in [4.69, 9.17) is 0 Å². The lowest BCUT2D eigenvalue weighted by Gasteiger charge is -2.42. The van der Waals surface area contributed by atoms with Gasteiger partial charge in [-0.15, -0.1) is 6.58 Å². The normalized spacial score (nSPS) is 25.2. The first kappa shape index (κ1) is 21.9. The molecule has 1 aliphatic heterocycles. The lowest BCUT2D eigenvalue weighted by atomic mass is 9.72. The average Bonchev–Trinajstić information content (AvgIpc) is 3.60. The first-order valence-corrected chi connectivity index (χ1v) is 12.2. The minimum atomic E-state index is -0.642. The lowest BCUT2D eigenvalue weighted by Crippen LogP contribution is -2.55. The Hall–Kier alpha value is -2.95. The van der Waals surface area contributed by atoms with E-state index in [-0.39, 0.29) is 17.7 Å². The molecule has 3 fully saturated rings. The summed E-state index contributed by atoms with van der Waals surface area (Å²) in [6, 6.07) is 12.2. The minimum absolute atomic E-state index is 0.0232. The molecule has 33 heavy (non-hydrogen) atoms. The zero-order valence-corrected chi connectivity index (χ0v) is 19.3. The summed E-state index contributed by atoms with van der Waals surface area (Å²) in [5.41, 5.74) is 2.92. The summed E-state index contributed by atoms with van der Waals surface area (Å²) in [6.07, 6.45) is 12.3. The van der Waals surface area contributed by atoms with Gasteiger partial charge in [-0.3, -0.25) is 14.6 Å². The van der Waals surface area contributed by atoms with Crippen LogP contribution in [0.4, 0.5) is 0 Å². The van der Waals surface area contributed by atoms with Gasteiger partial charge in [0.25, 0.3) is 0 Å². The van der Waals surface area contributed by atoms with Crippen molar-refractivity contribution < 1.29 is 9.59 Å². The number of nitrogens with zero attached hydrogens (tertiary/aromatic N) is 2. The fraction of sp³-hybridized carbons (Fsp3) is 0.464. The number of rotatable bonds is 7. The second-order valence-electron chi connectivity index (χ2n) is 10.2. The van der Waals surface area contributed by atoms with Gasteiger partial charge in [0, 0.05) is 43.5 Å². The first-order valence-electron chi connectivity index (χ1n) is 12.2. The molecule has 0 bridgehead atoms. The van der Waals surface area contributed by atoms with Gasteiger partial charge in [0.05, 0.1) is 5.41 Å². The molecule has 172 valence electrons. The fourth-order valence-corrected chi connectivity index (χ4v) is 6.03. The van der Waals surface area contributed by atoms with Crippen molar-refractivity contribution in [3.05, 3.63) is 67.0 Å². The fourth-order valence-electron chi connectivity index (χ4n) is 6.03. The van der Waals surface area contributed by atoms with Crippen LogP contribution in [0, 0.1) is 16.7 Å². The van der Waals surface area contributed by atoms with Gasteiger partial charge in [0.2, 0.25) is 11.8 Å². The molecule has 2 amide bonds. The number of nitrogens with one attached hydrogen (secondary N) is 1. The van der Waals surface area contributed by atoms with Gasteiger partial charge in [-0.05, 0) is 61.1 Å². The summed E-state index contributed by atoms with van der Waals surface area (Å²) in [5.74, 6) is 0.479. The highest BCUT2D eigenvalue weighted by Gasteiger charge is 2.62. The van der Waals surface area contributed by atoms with Gasteiger partial charge in [-0.25, -0.2) is 0 Å². The van der Waals surface area contributed by atoms with Gasteiger partial charge in [0.15, 0.2) is 0 Å². The van der Waals surface area contributed by atoms with Gasteiger partial charge in [0.1, 0.15) is 0 Å². The van der Waals surface area contributed by atoms with Gasteiger partial charge in [-0.2, -0.15) is 0 Å². The van der Waals surface area contributed by atoms with E-state index in [2.05, 4.69) is 35.1 Å². The number of hydrogen-bond donors (Lipinski definition) is 1. The lowest BCUT2D eigenvalue weighted by molar-refractivity contribution is -0.143. The Morgan fingerprint density at radius 2 is 2.00 bits per heavy atom. The largest absolute Gasteiger partial charge is 0.352 e. The molecule has 2 saturated carbocycles. The molecule has 5 rings (SSSR count). The maximum Gasteiger partial charge on any atom is 0.228 e. The molecule has 1 aromatic heterocycles. The predicted octanol–water partition coefficient (Wildman–Crippen LogP) is 4.39. The highest BCUT2D eigenvalue weighted by Crippen LogP contribution is 2.66. The van der Waals surface area contributed by atoms with Crippen molar-refractivity contribution in [1.82, 2.24) is 15.2 Å². The number of carbonyl (C=O) groups is 2. The van der Waals surface area contributed by atoms with Crippen LogP contribution in [0.3, 0.4) is 0 Å². The van der Waals surface area contributed by atoms with E-state index in [1.807, 2.05) is 29.3 Å². The molecule has 0 unspecified atom stereocenters. The summed E-state index contributed by atoms with van der Waals surface area (Å²) in [5, 5.41) is 3.06. The Morgan fingerprint density at radius 1 is 1.15 bits per heavy atom. The minimum Gasteiger partial charge on any atom is -0.352 e. The summed E-state index contributed by atoms with van der Waals surface area (Å²) in [7, 11) is 0. The molecule has 5 nitrogen and oxygen atoms in total. The number of hydrogen-bond acceptors (Lipinski definition) is 3. The van der Waals surface area contributed by atoms with E-state index in [1.54, 1.807) is 12.3 Å². The smallest absolute Gasteiger partial charge is 0.228 e. The van der Waals surface area contributed by atoms with E-state index < -0.39 is 5.41 Å². The summed E-state index contributed by atoms with van der Waals surface area (Å²) in [4.78, 5) is 33.3. The summed E-state index contributed by atoms with van der Waals surface area (Å²) in [6.45, 7) is 5.44. The molecule has 3 aliphatic rings. The Kier molecular flexibility index (Phi) is 5.81. The molecule has 2 aromatic rings. The summed E-state index contributed by atoms with van der Waals surface area (Å²) < 4.78 is 0. The van der Waals surface area contributed by atoms with Crippen molar-refractivity contribution in [2.24, 2.45) is 16.7 Å². The van der Waals surface area contributed by atoms with Crippen LogP contribution in [-0.2, 0) is 16.0 Å². The number of likely N-dealkylation sites (tertiary alicyclic amines) is 1. The van der Waals surface area contributed by atoms with Crippen LogP contribution >= 0.6 is 0 Å². The monoisotopic (exact) mass is 443 g/mol. The zero-order chi connectivity index (χ0) is 22.9. The molecule has 0 radical (unpaired) electrons. The quantitative estimate of drug-likeness (QED) is 0.646. The molecule has 5 heteroatoms. The number of pyridine rings is 1. The van der Waals surface area contributed by atoms with Gasteiger partial charge < -0.3 is 10.2 Å². The molecule has 1 aromatic carbocycles. The summed E-state index contributed by atoms with van der Waals surface area (Å²) >= 11 is 0. The Balaban J connectivity index is 1.43. The zero-order valence-electron chi connectivity index (χ0n) is 19.3. The second-order valence-corrected chi connectivity index (χ2v) is 10.2. The Morgan fingerprint density at radius 3 is 2.70 bits per heavy atom. The highest BCUT2D eigenvalue weighted by molar-refractivity contribution is 5.87. The maximum absolute atomic E-state index is 13.6. The third kappa shape index (κ3) is 4.09. The SMILES string of the molecule is C=CCNC(=O)[C@@]1(Cc2ccccc2-c2cccnc2)CCCN(C(=O)[C@H]2CC23CCC3)C1. The molecule has 2 heterocycles. The Labute approximate surface area is 196 Å². The number of amides is 2. The van der Waals surface area contributed by atoms with Crippen LogP contribution in [0.15, 0.2) is 61.4 Å². The maximum atomic E-state index is 13.6. The van der Waals surface area contributed by atoms with E-state index in [0.717, 1.165) is 42.5 Å². The van der Waals surface area contributed by atoms with Gasteiger partial charge >= 0.3 is 0 Å². The van der Waals surface area contributed by atoms with Crippen LogP contribution in [0.1, 0.15) is 44.1 Å². The second kappa shape index (κ2) is 8.77. The number of aromatic nitrogens is 1. The third-order valence-corrected chi connectivity index (χ3v) is 8.13. The Bertz CT molecular complexity index is 1050. The van der Waals surface area contributed by atoms with Crippen LogP contribution in [-0.4, -0.2) is 41.3 Å². The molecule has 2 aliphatic carbocycles. The molecular formula is C28H33N3O2. The van der Waals surface area contributed by atoms with Crippen molar-refractivity contribution >= 4 is 11.8 Å². The van der Waals surface area contributed by atoms with Gasteiger partial charge in [-0.1, -0.05) is 42.8 Å². The molecule has 1 saturated heterocycles. The van der Waals surface area contributed by atoms with Crippen molar-refractivity contribution in [3.63, 3.8) is 0 Å². The highest BCUT2D eigenvalue weighted by atomic mass is 16.2. The third-order valence-electron chi connectivity index (χ3n) is 8.13. The van der Waals surface area contributed by atoms with Crippen molar-refractivity contribution in [1.29, 1.82) is 0 Å². The standard InChI is InChI=1S/C28H33N3O2/c1-2-14-30-26(33)28(17-21-8-3-4-10-23(21)22-9-5-15-29-19-22)13-7-16-31(20-28)25(32)24-18-27(24)11-6-12-27/h2-5,8-10,15,19,24H,1,6-7,11-14,16-18,20H2,(H,30,33)/t24-,28-/m1/s1. The molecule has 1 spiro atoms. The van der Waals surface area contributed by atoms with Crippen LogP contribution < -0.4 is 5.32 Å². The topological polar surface area (TPSA) is 62.3 Å². The van der Waals surface area contributed by atoms with Crippen LogP contribution in [0.5, 0.6) is 0 Å². The van der Waals surface area contributed by atoms with E-state index >= 15 is 0 Å². The number of carbonyl (C=O) groups excluding carboxylic acids is 2. The van der Waals surface area contributed by atoms with Crippen LogP contribution in [0.2, 0.25) is 0 Å². The van der Waals surface area contributed by atoms with Crippen LogP contribution in [0.25, 0.3) is 11.1 Å². The van der Waals surface area contributed by atoms with E-state index in [0.29, 0.717) is 24.9 Å². The van der Waals surface area contributed by atoms with Crippen molar-refractivity contribution in [2.45, 2.75) is 44.9 Å². The van der Waals surface area contributed by atoms with Crippen molar-refractivity contribution in [3.8, 4) is 11.1 Å². The molecule has 2 atom stereocenters. The van der Waals surface area contributed by atoms with Crippen molar-refractivity contribution in [2.75, 3.05) is 19.6 Å².